The van der Waals surface area contributed by atoms with Crippen LogP contribution < -0.4 is 16.0 Å². The average Bonchev–Trinajstić information content (AvgIpc) is 2.82. The number of alkyl halides is 3. The van der Waals surface area contributed by atoms with E-state index in [0.29, 0.717) is 16.7 Å². The first-order chi connectivity index (χ1) is 16.2. The molecule has 0 saturated carbocycles. The van der Waals surface area contributed by atoms with Crippen LogP contribution in [-0.2, 0) is 12.7 Å². The summed E-state index contributed by atoms with van der Waals surface area (Å²) in [5, 5.41) is 16.1. The van der Waals surface area contributed by atoms with E-state index in [0.717, 1.165) is 17.7 Å². The highest BCUT2D eigenvalue weighted by atomic mass is 35.5. The second-order valence-electron chi connectivity index (χ2n) is 7.16. The number of rotatable bonds is 7. The van der Waals surface area contributed by atoms with E-state index in [4.69, 9.17) is 17.0 Å². The van der Waals surface area contributed by atoms with E-state index >= 15 is 0 Å². The van der Waals surface area contributed by atoms with Crippen LogP contribution in [0.25, 0.3) is 5.57 Å². The molecule has 0 aliphatic carbocycles. The molecule has 176 valence electrons. The van der Waals surface area contributed by atoms with Crippen LogP contribution in [0.15, 0.2) is 73.2 Å². The zero-order chi connectivity index (χ0) is 24.7. The van der Waals surface area contributed by atoms with Crippen molar-refractivity contribution < 1.29 is 18.0 Å². The quantitative estimate of drug-likeness (QED) is 0.322. The van der Waals surface area contributed by atoms with Crippen molar-refractivity contribution in [1.82, 2.24) is 15.6 Å². The highest BCUT2D eigenvalue weighted by molar-refractivity contribution is 6.31. The normalized spacial score (nSPS) is 11.6. The first-order valence-electron chi connectivity index (χ1n) is 10.1. The molecule has 2 amide bonds. The zero-order valence-corrected chi connectivity index (χ0v) is 18.8. The number of urea groups is 1. The summed E-state index contributed by atoms with van der Waals surface area (Å²) < 4.78 is 39.0. The Hall–Kier alpha value is -3.85. The van der Waals surface area contributed by atoms with E-state index in [2.05, 4.69) is 20.9 Å². The molecule has 2 aromatic carbocycles. The van der Waals surface area contributed by atoms with Gasteiger partial charge in [0.2, 0.25) is 0 Å². The molecule has 10 heteroatoms. The van der Waals surface area contributed by atoms with Gasteiger partial charge in [0, 0.05) is 49.0 Å². The summed E-state index contributed by atoms with van der Waals surface area (Å²) in [6.07, 6.45) is 0.372. The molecule has 0 saturated heterocycles. The van der Waals surface area contributed by atoms with Crippen LogP contribution in [0, 0.1) is 5.41 Å². The molecule has 0 spiro atoms. The first-order valence-corrected chi connectivity index (χ1v) is 10.4. The molecule has 0 radical (unpaired) electrons. The van der Waals surface area contributed by atoms with Crippen LogP contribution in [-0.4, -0.2) is 23.8 Å². The predicted molar refractivity (Wildman–Crippen MR) is 127 cm³/mol. The molecule has 0 fully saturated rings. The summed E-state index contributed by atoms with van der Waals surface area (Å²) in [6.45, 7) is 0.104. The molecule has 3 rings (SSSR count). The van der Waals surface area contributed by atoms with Crippen molar-refractivity contribution in [1.29, 1.82) is 5.41 Å². The molecule has 0 aliphatic heterocycles. The number of hydrogen-bond acceptors (Lipinski definition) is 4. The van der Waals surface area contributed by atoms with Gasteiger partial charge in [0.25, 0.3) is 0 Å². The van der Waals surface area contributed by atoms with Gasteiger partial charge in [-0.25, -0.2) is 4.79 Å². The summed E-state index contributed by atoms with van der Waals surface area (Å²) in [7, 11) is 1.74. The van der Waals surface area contributed by atoms with Gasteiger partial charge in [-0.3, -0.25) is 10.4 Å². The molecule has 4 N–H and O–H groups in total. The van der Waals surface area contributed by atoms with Crippen molar-refractivity contribution in [2.75, 3.05) is 12.4 Å². The largest absolute Gasteiger partial charge is 0.417 e. The maximum absolute atomic E-state index is 13.0. The second kappa shape index (κ2) is 10.8. The molecule has 0 aliphatic rings. The number of amides is 2. The van der Waals surface area contributed by atoms with Crippen LogP contribution in [0.2, 0.25) is 5.02 Å². The highest BCUT2D eigenvalue weighted by Gasteiger charge is 2.33. The lowest BCUT2D eigenvalue weighted by Gasteiger charge is -2.13. The SMILES string of the molecule is CN/C=C(\C(=N)c1cccc(CNC(=O)Nc2ccc(Cl)c(C(F)(F)F)c2)c1)c1ccncc1. The Morgan fingerprint density at radius 1 is 1.09 bits per heavy atom. The molecule has 0 unspecified atom stereocenters. The lowest BCUT2D eigenvalue weighted by Crippen LogP contribution is -2.28. The number of anilines is 1. The average molecular weight is 488 g/mol. The third-order valence-corrected chi connectivity index (χ3v) is 5.08. The monoisotopic (exact) mass is 487 g/mol. The Morgan fingerprint density at radius 3 is 2.50 bits per heavy atom. The van der Waals surface area contributed by atoms with Crippen LogP contribution in [0.4, 0.5) is 23.7 Å². The number of allylic oxidation sites excluding steroid dienone is 1. The van der Waals surface area contributed by atoms with Crippen LogP contribution >= 0.6 is 11.6 Å². The number of nitrogens with one attached hydrogen (secondary N) is 4. The number of hydrogen-bond donors (Lipinski definition) is 4. The molecule has 0 bridgehead atoms. The molecule has 34 heavy (non-hydrogen) atoms. The maximum Gasteiger partial charge on any atom is 0.417 e. The molecule has 1 aromatic heterocycles. The Morgan fingerprint density at radius 2 is 1.82 bits per heavy atom. The van der Waals surface area contributed by atoms with Gasteiger partial charge >= 0.3 is 12.2 Å². The Kier molecular flexibility index (Phi) is 7.91. The summed E-state index contributed by atoms with van der Waals surface area (Å²) >= 11 is 5.60. The van der Waals surface area contributed by atoms with Gasteiger partial charge < -0.3 is 16.0 Å². The maximum atomic E-state index is 13.0. The van der Waals surface area contributed by atoms with Crippen molar-refractivity contribution in [2.45, 2.75) is 12.7 Å². The Bertz CT molecular complexity index is 1210. The van der Waals surface area contributed by atoms with Gasteiger partial charge in [0.15, 0.2) is 0 Å². The lowest BCUT2D eigenvalue weighted by atomic mass is 9.96. The number of carbonyl (C=O) groups excluding carboxylic acids is 1. The Labute approximate surface area is 199 Å². The number of halogens is 4. The van der Waals surface area contributed by atoms with Crippen LogP contribution in [0.3, 0.4) is 0 Å². The van der Waals surface area contributed by atoms with E-state index in [1.807, 2.05) is 0 Å². The van der Waals surface area contributed by atoms with Gasteiger partial charge in [-0.2, -0.15) is 13.2 Å². The van der Waals surface area contributed by atoms with Crippen molar-refractivity contribution in [3.05, 3.63) is 100 Å². The summed E-state index contributed by atoms with van der Waals surface area (Å²) in [6, 6.07) is 13.1. The van der Waals surface area contributed by atoms with Gasteiger partial charge in [0.1, 0.15) is 0 Å². The fraction of sp³-hybridized carbons (Fsp3) is 0.125. The van der Waals surface area contributed by atoms with E-state index in [-0.39, 0.29) is 17.9 Å². The van der Waals surface area contributed by atoms with E-state index in [1.54, 1.807) is 62.0 Å². The topological polar surface area (TPSA) is 89.9 Å². The molecule has 6 nitrogen and oxygen atoms in total. The molecule has 3 aromatic rings. The smallest absolute Gasteiger partial charge is 0.393 e. The highest BCUT2D eigenvalue weighted by Crippen LogP contribution is 2.36. The van der Waals surface area contributed by atoms with Crippen LogP contribution in [0.5, 0.6) is 0 Å². The third-order valence-electron chi connectivity index (χ3n) is 4.75. The zero-order valence-electron chi connectivity index (χ0n) is 18.0. The lowest BCUT2D eigenvalue weighted by molar-refractivity contribution is -0.137. The molecular formula is C24H21ClF3N5O. The number of benzene rings is 2. The number of nitrogens with zero attached hydrogens (tertiary/aromatic N) is 1. The fourth-order valence-corrected chi connectivity index (χ4v) is 3.37. The number of aromatic nitrogens is 1. The van der Waals surface area contributed by atoms with E-state index in [9.17, 15) is 18.0 Å². The van der Waals surface area contributed by atoms with Crippen molar-refractivity contribution >= 4 is 34.6 Å². The van der Waals surface area contributed by atoms with Gasteiger partial charge in [0.05, 0.1) is 16.3 Å². The van der Waals surface area contributed by atoms with Crippen molar-refractivity contribution in [2.24, 2.45) is 0 Å². The summed E-state index contributed by atoms with van der Waals surface area (Å²) in [5.74, 6) is 0. The number of pyridine rings is 1. The Balaban J connectivity index is 1.68. The minimum Gasteiger partial charge on any atom is -0.393 e. The minimum absolute atomic E-state index is 0.0380. The van der Waals surface area contributed by atoms with Gasteiger partial charge in [-0.1, -0.05) is 29.8 Å². The second-order valence-corrected chi connectivity index (χ2v) is 7.57. The molecular weight excluding hydrogens is 467 g/mol. The first kappa shape index (κ1) is 24.8. The van der Waals surface area contributed by atoms with Crippen molar-refractivity contribution in [3.8, 4) is 0 Å². The third kappa shape index (κ3) is 6.35. The standard InChI is InChI=1S/C24H21ClF3N5O/c1-30-14-19(16-7-9-31-10-8-16)22(29)17-4-2-3-15(11-17)13-32-23(34)33-18-5-6-21(25)20(12-18)24(26,27)28/h2-12,14,29-30H,13H2,1H3,(H2,32,33,34)/b19-14-,29-22?. The molecule has 1 heterocycles. The van der Waals surface area contributed by atoms with Gasteiger partial charge in [-0.05, 0) is 47.5 Å². The fourth-order valence-electron chi connectivity index (χ4n) is 3.15. The summed E-state index contributed by atoms with van der Waals surface area (Å²) in [4.78, 5) is 16.2. The van der Waals surface area contributed by atoms with E-state index in [1.165, 1.54) is 6.07 Å². The van der Waals surface area contributed by atoms with Gasteiger partial charge in [-0.15, -0.1) is 0 Å². The number of carbonyl (C=O) groups is 1. The molecule has 0 atom stereocenters. The van der Waals surface area contributed by atoms with Crippen molar-refractivity contribution in [3.63, 3.8) is 0 Å². The van der Waals surface area contributed by atoms with Crippen LogP contribution in [0.1, 0.15) is 22.3 Å². The minimum atomic E-state index is -4.63. The predicted octanol–water partition coefficient (Wildman–Crippen LogP) is 5.70. The van der Waals surface area contributed by atoms with E-state index < -0.39 is 22.8 Å². The summed E-state index contributed by atoms with van der Waals surface area (Å²) in [5.41, 5.74) is 2.03.